The van der Waals surface area contributed by atoms with Crippen LogP contribution in [0.25, 0.3) is 0 Å². The number of nitrogens with zero attached hydrogens (tertiary/aromatic N) is 2. The first-order chi connectivity index (χ1) is 14.4. The minimum Gasteiger partial charge on any atom is -0.338 e. The van der Waals surface area contributed by atoms with Crippen LogP contribution in [-0.2, 0) is 11.3 Å². The van der Waals surface area contributed by atoms with Crippen molar-refractivity contribution in [3.63, 3.8) is 0 Å². The van der Waals surface area contributed by atoms with Gasteiger partial charge in [-0.15, -0.1) is 0 Å². The van der Waals surface area contributed by atoms with E-state index in [1.54, 1.807) is 0 Å². The lowest BCUT2D eigenvalue weighted by Crippen LogP contribution is -2.45. The second kappa shape index (κ2) is 9.39. The first kappa shape index (κ1) is 21.8. The summed E-state index contributed by atoms with van der Waals surface area (Å²) >= 11 is 9.56. The van der Waals surface area contributed by atoms with E-state index in [-0.39, 0.29) is 11.5 Å². The highest BCUT2D eigenvalue weighted by Gasteiger charge is 2.47. The van der Waals surface area contributed by atoms with Gasteiger partial charge in [0.2, 0.25) is 5.91 Å². The van der Waals surface area contributed by atoms with Gasteiger partial charge in [-0.25, -0.2) is 0 Å². The maximum absolute atomic E-state index is 13.2. The second-order valence-corrected chi connectivity index (χ2v) is 10.0. The Hall–Kier alpha value is -1.40. The quantitative estimate of drug-likeness (QED) is 0.619. The van der Waals surface area contributed by atoms with E-state index in [1.807, 2.05) is 41.3 Å². The molecule has 2 N–H and O–H groups in total. The van der Waals surface area contributed by atoms with E-state index < -0.39 is 0 Å². The summed E-state index contributed by atoms with van der Waals surface area (Å²) in [4.78, 5) is 17.7. The van der Waals surface area contributed by atoms with Crippen LogP contribution in [0, 0.1) is 5.41 Å². The van der Waals surface area contributed by atoms with Gasteiger partial charge in [-0.05, 0) is 80.7 Å². The van der Waals surface area contributed by atoms with Crippen LogP contribution in [0.5, 0.6) is 0 Å². The maximum atomic E-state index is 13.2. The fraction of sp³-hybridized carbons (Fsp3) is 0.458. The zero-order valence-corrected chi connectivity index (χ0v) is 19.5. The van der Waals surface area contributed by atoms with Gasteiger partial charge in [-0.2, -0.15) is 0 Å². The first-order valence-electron chi connectivity index (χ1n) is 10.7. The lowest BCUT2D eigenvalue weighted by molar-refractivity contribution is -0.138. The van der Waals surface area contributed by atoms with Crippen LogP contribution in [0.1, 0.15) is 42.9 Å². The molecule has 0 radical (unpaired) electrons. The molecule has 1 unspecified atom stereocenters. The maximum Gasteiger partial charge on any atom is 0.229 e. The number of carbonyl (C=O) groups excluding carboxylic acids is 1. The third-order valence-corrected chi connectivity index (χ3v) is 7.50. The van der Waals surface area contributed by atoms with Crippen LogP contribution >= 0.6 is 27.5 Å². The topological polar surface area (TPSA) is 49.6 Å². The summed E-state index contributed by atoms with van der Waals surface area (Å²) in [6.45, 7) is 4.49. The van der Waals surface area contributed by atoms with Crippen molar-refractivity contribution in [2.45, 2.75) is 38.3 Å². The minimum absolute atomic E-state index is 0.00546. The summed E-state index contributed by atoms with van der Waals surface area (Å²) in [5, 5.41) is 0.732. The Labute approximate surface area is 192 Å². The summed E-state index contributed by atoms with van der Waals surface area (Å²) in [7, 11) is 0. The number of likely N-dealkylation sites (tertiary alicyclic amines) is 2. The molecule has 0 aliphatic carbocycles. The van der Waals surface area contributed by atoms with Gasteiger partial charge in [-0.3, -0.25) is 4.79 Å². The molecule has 0 bridgehead atoms. The summed E-state index contributed by atoms with van der Waals surface area (Å²) in [6.07, 6.45) is 3.79. The lowest BCUT2D eigenvalue weighted by atomic mass is 9.77. The van der Waals surface area contributed by atoms with Gasteiger partial charge in [0.15, 0.2) is 0 Å². The van der Waals surface area contributed by atoms with E-state index in [0.29, 0.717) is 12.5 Å². The van der Waals surface area contributed by atoms with Gasteiger partial charge >= 0.3 is 0 Å². The van der Waals surface area contributed by atoms with E-state index in [0.717, 1.165) is 66.9 Å². The number of hydrogen-bond acceptors (Lipinski definition) is 3. The van der Waals surface area contributed by atoms with Crippen molar-refractivity contribution in [1.29, 1.82) is 0 Å². The molecule has 2 heterocycles. The number of rotatable bonds is 6. The number of piperidine rings is 1. The van der Waals surface area contributed by atoms with Crippen LogP contribution in [-0.4, -0.2) is 41.9 Å². The van der Waals surface area contributed by atoms with Gasteiger partial charge in [0, 0.05) is 28.6 Å². The largest absolute Gasteiger partial charge is 0.338 e. The number of nitrogens with two attached hydrogens (primary N) is 1. The minimum atomic E-state index is -0.152. The van der Waals surface area contributed by atoms with Crippen LogP contribution in [0.4, 0.5) is 0 Å². The third kappa shape index (κ3) is 4.91. The Morgan fingerprint density at radius 3 is 2.47 bits per heavy atom. The molecule has 1 atom stereocenters. The van der Waals surface area contributed by atoms with Crippen molar-refractivity contribution in [3.8, 4) is 0 Å². The van der Waals surface area contributed by atoms with Crippen LogP contribution in [0.3, 0.4) is 0 Å². The predicted molar refractivity (Wildman–Crippen MR) is 125 cm³/mol. The SMILES string of the molecule is NC(CCN1CCC2(CC1)CCN(Cc1ccc(Br)cc1)C2=O)c1cccc(Cl)c1. The van der Waals surface area contributed by atoms with E-state index in [2.05, 4.69) is 33.0 Å². The van der Waals surface area contributed by atoms with Crippen molar-refractivity contribution < 1.29 is 4.79 Å². The Balaban J connectivity index is 1.27. The normalized spacial score (nSPS) is 20.1. The van der Waals surface area contributed by atoms with Crippen molar-refractivity contribution in [2.24, 2.45) is 11.1 Å². The Morgan fingerprint density at radius 2 is 1.77 bits per heavy atom. The number of benzene rings is 2. The highest BCUT2D eigenvalue weighted by atomic mass is 79.9. The van der Waals surface area contributed by atoms with Gasteiger partial charge in [0.05, 0.1) is 5.41 Å². The molecular formula is C24H29BrClN3O. The van der Waals surface area contributed by atoms with Crippen LogP contribution < -0.4 is 5.73 Å². The predicted octanol–water partition coefficient (Wildman–Crippen LogP) is 5.01. The monoisotopic (exact) mass is 489 g/mol. The smallest absolute Gasteiger partial charge is 0.229 e. The van der Waals surface area contributed by atoms with Crippen LogP contribution in [0.15, 0.2) is 53.0 Å². The zero-order valence-electron chi connectivity index (χ0n) is 17.2. The molecule has 0 saturated carbocycles. The average molecular weight is 491 g/mol. The molecule has 6 heteroatoms. The zero-order chi connectivity index (χ0) is 21.1. The molecule has 0 aromatic heterocycles. The third-order valence-electron chi connectivity index (χ3n) is 6.73. The van der Waals surface area contributed by atoms with Gasteiger partial charge < -0.3 is 15.5 Å². The lowest BCUT2D eigenvalue weighted by Gasteiger charge is -2.38. The second-order valence-electron chi connectivity index (χ2n) is 8.68. The molecule has 160 valence electrons. The van der Waals surface area contributed by atoms with Gasteiger partial charge in [0.1, 0.15) is 0 Å². The molecule has 1 spiro atoms. The molecule has 2 aliphatic rings. The van der Waals surface area contributed by atoms with Crippen molar-refractivity contribution in [2.75, 3.05) is 26.2 Å². The van der Waals surface area contributed by atoms with E-state index in [1.165, 1.54) is 5.56 Å². The van der Waals surface area contributed by atoms with Crippen molar-refractivity contribution in [3.05, 3.63) is 69.2 Å². The number of hydrogen-bond donors (Lipinski definition) is 1. The fourth-order valence-electron chi connectivity index (χ4n) is 4.75. The first-order valence-corrected chi connectivity index (χ1v) is 11.9. The van der Waals surface area contributed by atoms with E-state index in [4.69, 9.17) is 17.3 Å². The summed E-state index contributed by atoms with van der Waals surface area (Å²) < 4.78 is 1.07. The number of amides is 1. The molecule has 1 amide bonds. The molecule has 2 aromatic rings. The molecule has 2 aliphatic heterocycles. The average Bonchev–Trinajstić information content (AvgIpc) is 3.04. The van der Waals surface area contributed by atoms with Gasteiger partial charge in [0.25, 0.3) is 0 Å². The molecule has 30 heavy (non-hydrogen) atoms. The molecule has 4 nitrogen and oxygen atoms in total. The highest BCUT2D eigenvalue weighted by Crippen LogP contribution is 2.42. The van der Waals surface area contributed by atoms with E-state index in [9.17, 15) is 4.79 Å². The summed E-state index contributed by atoms with van der Waals surface area (Å²) in [5.74, 6) is 0.348. The number of halogens is 2. The fourth-order valence-corrected chi connectivity index (χ4v) is 5.21. The molecular weight excluding hydrogens is 462 g/mol. The Morgan fingerprint density at radius 1 is 1.07 bits per heavy atom. The highest BCUT2D eigenvalue weighted by molar-refractivity contribution is 9.10. The molecule has 2 fully saturated rings. The van der Waals surface area contributed by atoms with E-state index >= 15 is 0 Å². The molecule has 4 rings (SSSR count). The molecule has 2 saturated heterocycles. The van der Waals surface area contributed by atoms with Crippen molar-refractivity contribution >= 4 is 33.4 Å². The Bertz CT molecular complexity index is 880. The van der Waals surface area contributed by atoms with Crippen LogP contribution in [0.2, 0.25) is 5.02 Å². The molecule has 2 aromatic carbocycles. The Kier molecular flexibility index (Phi) is 6.83. The summed E-state index contributed by atoms with van der Waals surface area (Å²) in [6, 6.07) is 16.1. The van der Waals surface area contributed by atoms with Crippen molar-refractivity contribution in [1.82, 2.24) is 9.80 Å². The van der Waals surface area contributed by atoms with Gasteiger partial charge in [-0.1, -0.05) is 51.8 Å². The standard InChI is InChI=1S/C24H29BrClN3O/c25-20-6-4-18(5-7-20)17-29-15-11-24(23(29)30)9-13-28(14-10-24)12-8-22(27)19-2-1-3-21(26)16-19/h1-7,16,22H,8-15,17,27H2. The summed E-state index contributed by atoms with van der Waals surface area (Å²) in [5.41, 5.74) is 8.50. The number of carbonyl (C=O) groups is 1.